The van der Waals surface area contributed by atoms with Crippen molar-refractivity contribution in [3.05, 3.63) is 157 Å². The van der Waals surface area contributed by atoms with Crippen LogP contribution in [0.1, 0.15) is 11.1 Å². The van der Waals surface area contributed by atoms with Crippen molar-refractivity contribution in [2.24, 2.45) is 9.98 Å². The number of rotatable bonds is 8. The van der Waals surface area contributed by atoms with E-state index >= 15 is 0 Å². The lowest BCUT2D eigenvalue weighted by Crippen LogP contribution is -1.89. The summed E-state index contributed by atoms with van der Waals surface area (Å²) in [7, 11) is 0. The third-order valence-corrected chi connectivity index (χ3v) is 7.55. The van der Waals surface area contributed by atoms with Gasteiger partial charge in [0.25, 0.3) is 0 Å². The van der Waals surface area contributed by atoms with Crippen LogP contribution in [-0.2, 0) is 0 Å². The molecule has 0 aromatic heterocycles. The highest BCUT2D eigenvalue weighted by Gasteiger charge is 2.10. The van der Waals surface area contributed by atoms with E-state index in [4.69, 9.17) is 9.47 Å². The van der Waals surface area contributed by atoms with Gasteiger partial charge in [0.2, 0.25) is 0 Å². The molecule has 0 amide bonds. The van der Waals surface area contributed by atoms with Crippen LogP contribution in [0.15, 0.2) is 156 Å². The molecule has 0 spiro atoms. The Morgan fingerprint density at radius 1 is 0.435 bits per heavy atom. The number of fused-ring (bicyclic) bond motifs is 2. The van der Waals surface area contributed by atoms with Crippen molar-refractivity contribution in [1.82, 2.24) is 0 Å². The van der Waals surface area contributed by atoms with Gasteiger partial charge in [0.05, 0.1) is 0 Å². The summed E-state index contributed by atoms with van der Waals surface area (Å²) < 4.78 is 12.5. The minimum Gasteiger partial charge on any atom is -0.507 e. The molecule has 0 bridgehead atoms. The molecule has 6 heteroatoms. The number of hydrogen-bond acceptors (Lipinski definition) is 6. The van der Waals surface area contributed by atoms with Crippen LogP contribution in [0.5, 0.6) is 34.5 Å². The number of hydrogen-bond donors (Lipinski definition) is 2. The molecule has 6 nitrogen and oxygen atoms in total. The van der Waals surface area contributed by atoms with Crippen LogP contribution in [0.2, 0.25) is 0 Å². The topological polar surface area (TPSA) is 83.6 Å². The molecule has 7 aromatic rings. The van der Waals surface area contributed by atoms with Crippen LogP contribution in [0.3, 0.4) is 0 Å². The molecular formula is C40H28N2O4. The van der Waals surface area contributed by atoms with Gasteiger partial charge >= 0.3 is 0 Å². The number of nitrogens with zero attached hydrogens (tertiary/aromatic N) is 2. The first kappa shape index (κ1) is 28.4. The van der Waals surface area contributed by atoms with E-state index in [2.05, 4.69) is 9.98 Å². The summed E-state index contributed by atoms with van der Waals surface area (Å²) in [5.41, 5.74) is 2.50. The second-order valence-electron chi connectivity index (χ2n) is 10.6. The van der Waals surface area contributed by atoms with E-state index in [-0.39, 0.29) is 11.5 Å². The van der Waals surface area contributed by atoms with E-state index in [9.17, 15) is 10.2 Å². The molecule has 0 radical (unpaired) electrons. The molecule has 7 rings (SSSR count). The number of aliphatic imine (C=N–C) groups is 2. The Hall–Kier alpha value is -6.40. The average molecular weight is 601 g/mol. The van der Waals surface area contributed by atoms with Gasteiger partial charge < -0.3 is 19.7 Å². The summed E-state index contributed by atoms with van der Waals surface area (Å²) >= 11 is 0. The second kappa shape index (κ2) is 12.7. The Balaban J connectivity index is 1.13. The van der Waals surface area contributed by atoms with Crippen molar-refractivity contribution in [2.75, 3.05) is 0 Å². The van der Waals surface area contributed by atoms with Crippen LogP contribution in [0.4, 0.5) is 11.4 Å². The smallest absolute Gasteiger partial charge is 0.153 e. The lowest BCUT2D eigenvalue weighted by Gasteiger charge is -2.12. The molecule has 0 atom stereocenters. The number of para-hydroxylation sites is 4. The minimum absolute atomic E-state index is 0.157. The summed E-state index contributed by atoms with van der Waals surface area (Å²) in [6.07, 6.45) is 3.32. The Morgan fingerprint density at radius 3 is 1.37 bits per heavy atom. The number of aromatic hydroxyl groups is 2. The van der Waals surface area contributed by atoms with Gasteiger partial charge in [0.1, 0.15) is 34.4 Å². The van der Waals surface area contributed by atoms with Crippen molar-refractivity contribution >= 4 is 45.3 Å². The Bertz CT molecular complexity index is 2100. The molecular weight excluding hydrogens is 572 g/mol. The standard InChI is InChI=1S/C40H28N2O4/c43-37-22-20-27-10-1-3-14-31(27)33(37)25-41-35-16-5-7-18-39(35)45-29-12-9-13-30(24-29)46-40-19-8-6-17-36(40)42-26-34-32-15-4-2-11-28(32)21-23-38(34)44/h1-26,43-44H. The lowest BCUT2D eigenvalue weighted by molar-refractivity contribution is 0.461. The van der Waals surface area contributed by atoms with Crippen LogP contribution in [0.25, 0.3) is 21.5 Å². The molecule has 46 heavy (non-hydrogen) atoms. The van der Waals surface area contributed by atoms with Gasteiger partial charge in [-0.25, -0.2) is 0 Å². The molecule has 7 aromatic carbocycles. The highest BCUT2D eigenvalue weighted by atomic mass is 16.5. The van der Waals surface area contributed by atoms with Gasteiger partial charge in [-0.15, -0.1) is 0 Å². The summed E-state index contributed by atoms with van der Waals surface area (Å²) in [5.74, 6) is 2.55. The molecule has 0 heterocycles. The van der Waals surface area contributed by atoms with Crippen molar-refractivity contribution < 1.29 is 19.7 Å². The summed E-state index contributed by atoms with van der Waals surface area (Å²) in [6, 6.07) is 45.1. The van der Waals surface area contributed by atoms with Gasteiger partial charge in [-0.3, -0.25) is 9.98 Å². The molecule has 0 saturated heterocycles. The number of phenols is 2. The number of ether oxygens (including phenoxy) is 2. The summed E-state index contributed by atoms with van der Waals surface area (Å²) in [5, 5.41) is 25.0. The average Bonchev–Trinajstić information content (AvgIpc) is 3.09. The van der Waals surface area contributed by atoms with Gasteiger partial charge in [-0.1, -0.05) is 91.0 Å². The third-order valence-electron chi connectivity index (χ3n) is 7.55. The zero-order valence-corrected chi connectivity index (χ0v) is 24.6. The fourth-order valence-electron chi connectivity index (χ4n) is 5.26. The number of benzene rings is 7. The molecule has 0 saturated carbocycles. The summed E-state index contributed by atoms with van der Waals surface area (Å²) in [6.45, 7) is 0. The molecule has 0 unspecified atom stereocenters. The fraction of sp³-hybridized carbons (Fsp3) is 0. The van der Waals surface area contributed by atoms with Crippen LogP contribution >= 0.6 is 0 Å². The first-order valence-corrected chi connectivity index (χ1v) is 14.8. The SMILES string of the molecule is Oc1ccc2ccccc2c1C=Nc1ccccc1Oc1cccc(Oc2ccccc2N=Cc2c(O)ccc3ccccc23)c1. The first-order chi connectivity index (χ1) is 22.6. The van der Waals surface area contributed by atoms with Crippen molar-refractivity contribution in [1.29, 1.82) is 0 Å². The maximum Gasteiger partial charge on any atom is 0.153 e. The van der Waals surface area contributed by atoms with E-state index in [0.29, 0.717) is 45.5 Å². The zero-order chi connectivity index (χ0) is 31.3. The summed E-state index contributed by atoms with van der Waals surface area (Å²) in [4.78, 5) is 9.36. The van der Waals surface area contributed by atoms with Gasteiger partial charge in [0, 0.05) is 29.6 Å². The van der Waals surface area contributed by atoms with Crippen LogP contribution in [-0.4, -0.2) is 22.6 Å². The van der Waals surface area contributed by atoms with Gasteiger partial charge in [-0.05, 0) is 70.1 Å². The van der Waals surface area contributed by atoms with Crippen molar-refractivity contribution in [2.45, 2.75) is 0 Å². The molecule has 0 aliphatic rings. The van der Waals surface area contributed by atoms with Gasteiger partial charge in [-0.2, -0.15) is 0 Å². The highest BCUT2D eigenvalue weighted by Crippen LogP contribution is 2.37. The van der Waals surface area contributed by atoms with Crippen molar-refractivity contribution in [3.8, 4) is 34.5 Å². The molecule has 222 valence electrons. The lowest BCUT2D eigenvalue weighted by atomic mass is 10.0. The molecule has 0 fully saturated rings. The largest absolute Gasteiger partial charge is 0.507 e. The molecule has 0 aliphatic heterocycles. The monoisotopic (exact) mass is 600 g/mol. The fourth-order valence-corrected chi connectivity index (χ4v) is 5.26. The number of phenolic OH excluding ortho intramolecular Hbond substituents is 2. The quantitative estimate of drug-likeness (QED) is 0.170. The Kier molecular flexibility index (Phi) is 7.82. The van der Waals surface area contributed by atoms with Gasteiger partial charge in [0.15, 0.2) is 11.5 Å². The Labute approximate surface area is 265 Å². The predicted molar refractivity (Wildman–Crippen MR) is 185 cm³/mol. The molecule has 2 N–H and O–H groups in total. The third kappa shape index (κ3) is 6.00. The van der Waals surface area contributed by atoms with E-state index < -0.39 is 0 Å². The maximum absolute atomic E-state index is 10.6. The highest BCUT2D eigenvalue weighted by molar-refractivity contribution is 6.04. The van der Waals surface area contributed by atoms with E-state index in [1.807, 2.05) is 127 Å². The zero-order valence-electron chi connectivity index (χ0n) is 24.6. The molecule has 0 aliphatic carbocycles. The first-order valence-electron chi connectivity index (χ1n) is 14.8. The second-order valence-corrected chi connectivity index (χ2v) is 10.6. The normalized spacial score (nSPS) is 11.5. The maximum atomic E-state index is 10.6. The van der Waals surface area contributed by atoms with E-state index in [0.717, 1.165) is 21.5 Å². The van der Waals surface area contributed by atoms with E-state index in [1.54, 1.807) is 30.6 Å². The van der Waals surface area contributed by atoms with Crippen molar-refractivity contribution in [3.63, 3.8) is 0 Å². The van der Waals surface area contributed by atoms with E-state index in [1.165, 1.54) is 0 Å². The predicted octanol–water partition coefficient (Wildman–Crippen LogP) is 10.5. The van der Waals surface area contributed by atoms with Crippen LogP contribution < -0.4 is 9.47 Å². The minimum atomic E-state index is 0.157. The van der Waals surface area contributed by atoms with Crippen LogP contribution in [0, 0.1) is 0 Å². The Morgan fingerprint density at radius 2 is 0.870 bits per heavy atom.